The Hall–Kier alpha value is -1.74. The number of aromatic nitrogens is 1. The third-order valence-corrected chi connectivity index (χ3v) is 3.96. The van der Waals surface area contributed by atoms with Gasteiger partial charge in [0.1, 0.15) is 5.69 Å². The number of fused-ring (bicyclic) bond motifs is 1. The molecular formula is C19H25NO2. The highest BCUT2D eigenvalue weighted by molar-refractivity contribution is 6.06. The van der Waals surface area contributed by atoms with Crippen molar-refractivity contribution in [3.8, 4) is 0 Å². The number of pyridine rings is 1. The number of hydrogen-bond donors (Lipinski definition) is 1. The van der Waals surface area contributed by atoms with Gasteiger partial charge < -0.3 is 5.11 Å². The van der Waals surface area contributed by atoms with Crippen molar-refractivity contribution in [2.24, 2.45) is 5.92 Å². The highest BCUT2D eigenvalue weighted by Crippen LogP contribution is 2.22. The molecule has 22 heavy (non-hydrogen) atoms. The average Bonchev–Trinajstić information content (AvgIpc) is 2.45. The summed E-state index contributed by atoms with van der Waals surface area (Å²) in [7, 11) is 0. The zero-order chi connectivity index (χ0) is 16.2. The molecule has 0 aliphatic carbocycles. The molecule has 1 N–H and O–H groups in total. The van der Waals surface area contributed by atoms with Gasteiger partial charge >= 0.3 is 0 Å². The number of rotatable bonds is 7. The predicted molar refractivity (Wildman–Crippen MR) is 90.0 cm³/mol. The SMILES string of the molecule is CC(CCCC(C)(C)O)CC(=O)c1nccc2ccccc12. The maximum atomic E-state index is 12.5. The first-order valence-corrected chi connectivity index (χ1v) is 7.96. The van der Waals surface area contributed by atoms with Crippen molar-refractivity contribution in [1.29, 1.82) is 0 Å². The van der Waals surface area contributed by atoms with E-state index in [0.717, 1.165) is 30.0 Å². The van der Waals surface area contributed by atoms with Crippen molar-refractivity contribution < 1.29 is 9.90 Å². The standard InChI is InChI=1S/C19H25NO2/c1-14(7-6-11-19(2,3)22)13-17(21)18-16-9-5-4-8-15(16)10-12-20-18/h4-5,8-10,12,14,22H,6-7,11,13H2,1-3H3. The summed E-state index contributed by atoms with van der Waals surface area (Å²) in [5.41, 5.74) is -0.0478. The fourth-order valence-electron chi connectivity index (χ4n) is 2.74. The Morgan fingerprint density at radius 1 is 1.27 bits per heavy atom. The molecule has 118 valence electrons. The molecule has 0 spiro atoms. The second-order valence-corrected chi connectivity index (χ2v) is 6.82. The molecule has 0 amide bonds. The summed E-state index contributed by atoms with van der Waals surface area (Å²) in [5, 5.41) is 11.7. The quantitative estimate of drug-likeness (QED) is 0.772. The van der Waals surface area contributed by atoms with Gasteiger partial charge in [0.25, 0.3) is 0 Å². The number of ketones is 1. The van der Waals surface area contributed by atoms with Crippen molar-refractivity contribution >= 4 is 16.6 Å². The van der Waals surface area contributed by atoms with Crippen LogP contribution in [0.4, 0.5) is 0 Å². The van der Waals surface area contributed by atoms with Gasteiger partial charge in [-0.2, -0.15) is 0 Å². The third kappa shape index (κ3) is 4.63. The van der Waals surface area contributed by atoms with Crippen LogP contribution in [0.5, 0.6) is 0 Å². The largest absolute Gasteiger partial charge is 0.390 e. The van der Waals surface area contributed by atoms with Gasteiger partial charge in [0.2, 0.25) is 0 Å². The lowest BCUT2D eigenvalue weighted by Gasteiger charge is -2.18. The van der Waals surface area contributed by atoms with Crippen molar-refractivity contribution in [3.63, 3.8) is 0 Å². The molecule has 3 nitrogen and oxygen atoms in total. The first-order valence-electron chi connectivity index (χ1n) is 7.96. The van der Waals surface area contributed by atoms with Gasteiger partial charge in [0.05, 0.1) is 5.60 Å². The number of nitrogens with zero attached hydrogens (tertiary/aromatic N) is 1. The average molecular weight is 299 g/mol. The Balaban J connectivity index is 1.99. The van der Waals surface area contributed by atoms with Crippen LogP contribution in [-0.4, -0.2) is 21.5 Å². The van der Waals surface area contributed by atoms with Crippen LogP contribution in [0.25, 0.3) is 10.8 Å². The zero-order valence-corrected chi connectivity index (χ0v) is 13.7. The van der Waals surface area contributed by atoms with E-state index in [0.29, 0.717) is 18.0 Å². The van der Waals surface area contributed by atoms with Crippen LogP contribution < -0.4 is 0 Å². The fraction of sp³-hybridized carbons (Fsp3) is 0.474. The van der Waals surface area contributed by atoms with E-state index in [4.69, 9.17) is 0 Å². The Labute approximate surface area is 132 Å². The van der Waals surface area contributed by atoms with E-state index in [2.05, 4.69) is 11.9 Å². The first kappa shape index (κ1) is 16.6. The minimum atomic E-state index is -0.624. The van der Waals surface area contributed by atoms with Gasteiger partial charge in [-0.25, -0.2) is 0 Å². The van der Waals surface area contributed by atoms with E-state index in [1.165, 1.54) is 0 Å². The molecular weight excluding hydrogens is 274 g/mol. The summed E-state index contributed by atoms with van der Waals surface area (Å²) in [6, 6.07) is 9.79. The predicted octanol–water partition coefficient (Wildman–Crippen LogP) is 4.38. The Bertz CT molecular complexity index is 638. The number of aliphatic hydroxyl groups is 1. The highest BCUT2D eigenvalue weighted by atomic mass is 16.3. The van der Waals surface area contributed by atoms with Crippen LogP contribution in [0.2, 0.25) is 0 Å². The smallest absolute Gasteiger partial charge is 0.182 e. The molecule has 2 rings (SSSR count). The molecule has 0 radical (unpaired) electrons. The second kappa shape index (κ2) is 7.01. The summed E-state index contributed by atoms with van der Waals surface area (Å²) in [6.07, 6.45) is 4.85. The number of carbonyl (C=O) groups is 1. The molecule has 0 saturated heterocycles. The summed E-state index contributed by atoms with van der Waals surface area (Å²) < 4.78 is 0. The minimum Gasteiger partial charge on any atom is -0.390 e. The van der Waals surface area contributed by atoms with Crippen LogP contribution >= 0.6 is 0 Å². The number of Topliss-reactive ketones (excluding diaryl/α,β-unsaturated/α-hetero) is 1. The fourth-order valence-corrected chi connectivity index (χ4v) is 2.74. The molecule has 2 aromatic rings. The van der Waals surface area contributed by atoms with E-state index < -0.39 is 5.60 Å². The normalized spacial score (nSPS) is 13.3. The van der Waals surface area contributed by atoms with E-state index in [-0.39, 0.29) is 5.78 Å². The van der Waals surface area contributed by atoms with E-state index in [1.807, 2.05) is 44.2 Å². The zero-order valence-electron chi connectivity index (χ0n) is 13.7. The molecule has 0 bridgehead atoms. The topological polar surface area (TPSA) is 50.2 Å². The highest BCUT2D eigenvalue weighted by Gasteiger charge is 2.17. The third-order valence-electron chi connectivity index (χ3n) is 3.96. The van der Waals surface area contributed by atoms with Crippen molar-refractivity contribution in [3.05, 3.63) is 42.2 Å². The van der Waals surface area contributed by atoms with Gasteiger partial charge in [-0.1, -0.05) is 44.0 Å². The van der Waals surface area contributed by atoms with Gasteiger partial charge in [0.15, 0.2) is 5.78 Å². The number of benzene rings is 1. The van der Waals surface area contributed by atoms with E-state index in [1.54, 1.807) is 6.20 Å². The Kier molecular flexibility index (Phi) is 5.30. The molecule has 3 heteroatoms. The van der Waals surface area contributed by atoms with Gasteiger partial charge in [0, 0.05) is 18.0 Å². The summed E-state index contributed by atoms with van der Waals surface area (Å²) >= 11 is 0. The van der Waals surface area contributed by atoms with Crippen LogP contribution in [0, 0.1) is 5.92 Å². The van der Waals surface area contributed by atoms with E-state index >= 15 is 0 Å². The van der Waals surface area contributed by atoms with Gasteiger partial charge in [-0.15, -0.1) is 0 Å². The molecule has 1 unspecified atom stereocenters. The summed E-state index contributed by atoms with van der Waals surface area (Å²) in [5.74, 6) is 0.406. The van der Waals surface area contributed by atoms with Gasteiger partial charge in [-0.3, -0.25) is 9.78 Å². The van der Waals surface area contributed by atoms with Crippen LogP contribution in [0.15, 0.2) is 36.5 Å². The molecule has 0 saturated carbocycles. The lowest BCUT2D eigenvalue weighted by atomic mass is 9.92. The minimum absolute atomic E-state index is 0.104. The summed E-state index contributed by atoms with van der Waals surface area (Å²) in [6.45, 7) is 5.74. The summed E-state index contributed by atoms with van der Waals surface area (Å²) in [4.78, 5) is 16.8. The van der Waals surface area contributed by atoms with Crippen LogP contribution in [0.1, 0.15) is 56.9 Å². The molecule has 1 atom stereocenters. The van der Waals surface area contributed by atoms with Crippen LogP contribution in [-0.2, 0) is 0 Å². The lowest BCUT2D eigenvalue weighted by Crippen LogP contribution is -2.18. The number of carbonyl (C=O) groups excluding carboxylic acids is 1. The first-order chi connectivity index (χ1) is 10.4. The van der Waals surface area contributed by atoms with Crippen molar-refractivity contribution in [1.82, 2.24) is 4.98 Å². The Morgan fingerprint density at radius 3 is 2.73 bits per heavy atom. The molecule has 1 aromatic carbocycles. The monoisotopic (exact) mass is 299 g/mol. The molecule has 1 aromatic heterocycles. The molecule has 0 aliphatic heterocycles. The maximum Gasteiger partial charge on any atom is 0.182 e. The second-order valence-electron chi connectivity index (χ2n) is 6.82. The molecule has 0 fully saturated rings. The van der Waals surface area contributed by atoms with Crippen LogP contribution in [0.3, 0.4) is 0 Å². The maximum absolute atomic E-state index is 12.5. The molecule has 1 heterocycles. The van der Waals surface area contributed by atoms with E-state index in [9.17, 15) is 9.90 Å². The molecule has 0 aliphatic rings. The number of hydrogen-bond acceptors (Lipinski definition) is 3. The van der Waals surface area contributed by atoms with Gasteiger partial charge in [-0.05, 0) is 37.6 Å². The lowest BCUT2D eigenvalue weighted by molar-refractivity contribution is 0.0668. The van der Waals surface area contributed by atoms with Crippen molar-refractivity contribution in [2.75, 3.05) is 0 Å². The Morgan fingerprint density at radius 2 is 2.00 bits per heavy atom. The van der Waals surface area contributed by atoms with Crippen molar-refractivity contribution in [2.45, 2.75) is 52.1 Å².